The van der Waals surface area contributed by atoms with Gasteiger partial charge in [0.25, 0.3) is 5.56 Å². The highest BCUT2D eigenvalue weighted by Crippen LogP contribution is 2.24. The third kappa shape index (κ3) is 2.89. The van der Waals surface area contributed by atoms with Crippen molar-refractivity contribution in [2.45, 2.75) is 32.4 Å². The van der Waals surface area contributed by atoms with E-state index in [0.29, 0.717) is 30.3 Å². The highest BCUT2D eigenvalue weighted by molar-refractivity contribution is 5.80. The second-order valence-corrected chi connectivity index (χ2v) is 6.11. The smallest absolute Gasteiger partial charge is 0.308 e. The Hall–Kier alpha value is -2.70. The van der Waals surface area contributed by atoms with Crippen LogP contribution in [0.2, 0.25) is 0 Å². The van der Waals surface area contributed by atoms with Crippen molar-refractivity contribution in [3.63, 3.8) is 0 Å². The van der Waals surface area contributed by atoms with Gasteiger partial charge >= 0.3 is 5.97 Å². The van der Waals surface area contributed by atoms with E-state index in [4.69, 9.17) is 0 Å². The van der Waals surface area contributed by atoms with Gasteiger partial charge in [-0.15, -0.1) is 0 Å². The van der Waals surface area contributed by atoms with E-state index in [0.717, 1.165) is 0 Å². The van der Waals surface area contributed by atoms with Crippen LogP contribution in [0.5, 0.6) is 0 Å². The molecule has 3 rings (SSSR count). The number of para-hydroxylation sites is 1. The van der Waals surface area contributed by atoms with Crippen LogP contribution in [-0.4, -0.2) is 44.0 Å². The lowest BCUT2D eigenvalue weighted by atomic mass is 9.90. The van der Waals surface area contributed by atoms with E-state index in [2.05, 4.69) is 4.98 Å². The van der Waals surface area contributed by atoms with Gasteiger partial charge in [-0.3, -0.25) is 19.0 Å². The summed E-state index contributed by atoms with van der Waals surface area (Å²) in [6.45, 7) is 2.13. The van der Waals surface area contributed by atoms with E-state index in [1.165, 1.54) is 10.9 Å². The molecule has 1 aromatic heterocycles. The lowest BCUT2D eigenvalue weighted by molar-refractivity contribution is -0.149. The molecule has 0 unspecified atom stereocenters. The van der Waals surface area contributed by atoms with Gasteiger partial charge in [0.2, 0.25) is 5.91 Å². The number of hydrogen-bond donors (Lipinski definition) is 1. The minimum absolute atomic E-state index is 0.132. The van der Waals surface area contributed by atoms with Gasteiger partial charge in [0, 0.05) is 12.6 Å². The average molecular weight is 329 g/mol. The molecule has 1 saturated heterocycles. The van der Waals surface area contributed by atoms with Crippen LogP contribution >= 0.6 is 0 Å². The van der Waals surface area contributed by atoms with Gasteiger partial charge in [-0.2, -0.15) is 0 Å². The summed E-state index contributed by atoms with van der Waals surface area (Å²) in [6, 6.07) is 6.59. The first-order valence-electron chi connectivity index (χ1n) is 7.95. The number of aromatic nitrogens is 2. The second kappa shape index (κ2) is 6.43. The fourth-order valence-corrected chi connectivity index (χ4v) is 3.28. The van der Waals surface area contributed by atoms with Gasteiger partial charge in [-0.1, -0.05) is 12.1 Å². The van der Waals surface area contributed by atoms with Crippen LogP contribution in [0.3, 0.4) is 0 Å². The van der Waals surface area contributed by atoms with Gasteiger partial charge in [0.05, 0.1) is 23.1 Å². The number of hydrogen-bond acceptors (Lipinski definition) is 4. The lowest BCUT2D eigenvalue weighted by Crippen LogP contribution is -2.50. The Morgan fingerprint density at radius 3 is 2.83 bits per heavy atom. The van der Waals surface area contributed by atoms with Gasteiger partial charge in [0.1, 0.15) is 6.54 Å². The minimum atomic E-state index is -0.885. The molecule has 0 bridgehead atoms. The predicted molar refractivity (Wildman–Crippen MR) is 87.5 cm³/mol. The van der Waals surface area contributed by atoms with Crippen LogP contribution in [0.1, 0.15) is 19.8 Å². The molecule has 2 atom stereocenters. The maximum Gasteiger partial charge on any atom is 0.308 e. The van der Waals surface area contributed by atoms with Gasteiger partial charge in [-0.05, 0) is 31.9 Å². The Balaban J connectivity index is 1.83. The highest BCUT2D eigenvalue weighted by Gasteiger charge is 2.35. The molecule has 126 valence electrons. The van der Waals surface area contributed by atoms with Gasteiger partial charge < -0.3 is 10.0 Å². The van der Waals surface area contributed by atoms with E-state index < -0.39 is 11.9 Å². The van der Waals surface area contributed by atoms with Crippen LogP contribution in [0, 0.1) is 5.92 Å². The monoisotopic (exact) mass is 329 g/mol. The number of benzene rings is 1. The summed E-state index contributed by atoms with van der Waals surface area (Å²) in [5.74, 6) is -1.70. The van der Waals surface area contributed by atoms with Crippen LogP contribution in [0.15, 0.2) is 35.4 Å². The largest absolute Gasteiger partial charge is 0.481 e. The van der Waals surface area contributed by atoms with Crippen molar-refractivity contribution >= 4 is 22.8 Å². The molecule has 1 aromatic carbocycles. The van der Waals surface area contributed by atoms with Crippen LogP contribution in [-0.2, 0) is 16.1 Å². The normalized spacial score (nSPS) is 21.0. The first-order chi connectivity index (χ1) is 11.5. The number of amides is 1. The van der Waals surface area contributed by atoms with E-state index in [9.17, 15) is 19.5 Å². The molecule has 0 radical (unpaired) electrons. The zero-order valence-electron chi connectivity index (χ0n) is 13.4. The maximum absolute atomic E-state index is 12.6. The standard InChI is InChI=1S/C17H19N3O4/c1-11-12(17(23)24)6-4-8-20(11)15(21)9-19-10-18-14-7-3-2-5-13(14)16(19)22/h2-3,5,7,10-12H,4,6,8-9H2,1H3,(H,23,24)/t11-,12-/m1/s1. The molecular formula is C17H19N3O4. The third-order valence-corrected chi connectivity index (χ3v) is 4.66. The number of fused-ring (bicyclic) bond motifs is 1. The number of carbonyl (C=O) groups excluding carboxylic acids is 1. The van der Waals surface area contributed by atoms with Crippen LogP contribution in [0.4, 0.5) is 0 Å². The highest BCUT2D eigenvalue weighted by atomic mass is 16.4. The molecule has 1 fully saturated rings. The molecule has 1 N–H and O–H groups in total. The number of aliphatic carboxylic acids is 1. The summed E-state index contributed by atoms with van der Waals surface area (Å²) in [7, 11) is 0. The summed E-state index contributed by atoms with van der Waals surface area (Å²) in [5, 5.41) is 9.72. The average Bonchev–Trinajstić information content (AvgIpc) is 2.57. The van der Waals surface area contributed by atoms with Crippen molar-refractivity contribution in [2.75, 3.05) is 6.54 Å². The Kier molecular flexibility index (Phi) is 4.33. The number of rotatable bonds is 3. The fourth-order valence-electron chi connectivity index (χ4n) is 3.28. The van der Waals surface area contributed by atoms with E-state index >= 15 is 0 Å². The van der Waals surface area contributed by atoms with E-state index in [1.54, 1.807) is 36.1 Å². The van der Waals surface area contributed by atoms with Crippen molar-refractivity contribution < 1.29 is 14.7 Å². The lowest BCUT2D eigenvalue weighted by Gasteiger charge is -2.37. The number of likely N-dealkylation sites (tertiary alicyclic amines) is 1. The molecule has 24 heavy (non-hydrogen) atoms. The second-order valence-electron chi connectivity index (χ2n) is 6.11. The predicted octanol–water partition coefficient (Wildman–Crippen LogP) is 1.11. The zero-order valence-corrected chi connectivity index (χ0v) is 13.4. The number of piperidine rings is 1. The summed E-state index contributed by atoms with van der Waals surface area (Å²) >= 11 is 0. The SMILES string of the molecule is C[C@@H]1[C@H](C(=O)O)CCCN1C(=O)Cn1cnc2ccccc2c1=O. The van der Waals surface area contributed by atoms with E-state index in [-0.39, 0.29) is 24.1 Å². The minimum Gasteiger partial charge on any atom is -0.481 e. The molecule has 7 heteroatoms. The number of carbonyl (C=O) groups is 2. The van der Waals surface area contributed by atoms with Gasteiger partial charge in [0.15, 0.2) is 0 Å². The molecule has 0 spiro atoms. The van der Waals surface area contributed by atoms with Crippen molar-refractivity contribution in [1.29, 1.82) is 0 Å². The summed E-state index contributed by atoms with van der Waals surface area (Å²) in [6.07, 6.45) is 2.58. The molecule has 1 aliphatic rings. The quantitative estimate of drug-likeness (QED) is 0.910. The molecule has 1 aliphatic heterocycles. The fraction of sp³-hybridized carbons (Fsp3) is 0.412. The number of carboxylic acids is 1. The van der Waals surface area contributed by atoms with Crippen molar-refractivity contribution in [3.05, 3.63) is 40.9 Å². The molecule has 0 aliphatic carbocycles. The molecule has 7 nitrogen and oxygen atoms in total. The first kappa shape index (κ1) is 16.2. The van der Waals surface area contributed by atoms with E-state index in [1.807, 2.05) is 0 Å². The Morgan fingerprint density at radius 2 is 2.08 bits per heavy atom. The Morgan fingerprint density at radius 1 is 1.33 bits per heavy atom. The number of carboxylic acid groups (broad SMARTS) is 1. The van der Waals surface area contributed by atoms with Crippen LogP contribution < -0.4 is 5.56 Å². The molecular weight excluding hydrogens is 310 g/mol. The summed E-state index contributed by atoms with van der Waals surface area (Å²) in [5.41, 5.74) is 0.317. The van der Waals surface area contributed by atoms with Crippen molar-refractivity contribution in [3.8, 4) is 0 Å². The maximum atomic E-state index is 12.6. The molecule has 0 saturated carbocycles. The van der Waals surface area contributed by atoms with Crippen molar-refractivity contribution in [1.82, 2.24) is 14.5 Å². The van der Waals surface area contributed by atoms with Crippen molar-refractivity contribution in [2.24, 2.45) is 5.92 Å². The zero-order chi connectivity index (χ0) is 17.3. The molecule has 2 heterocycles. The van der Waals surface area contributed by atoms with Crippen LogP contribution in [0.25, 0.3) is 10.9 Å². The molecule has 1 amide bonds. The van der Waals surface area contributed by atoms with Gasteiger partial charge in [-0.25, -0.2) is 4.98 Å². The Bertz CT molecular complexity index is 845. The summed E-state index contributed by atoms with van der Waals surface area (Å²) < 4.78 is 1.28. The third-order valence-electron chi connectivity index (χ3n) is 4.66. The Labute approximate surface area is 138 Å². The topological polar surface area (TPSA) is 92.5 Å². The number of nitrogens with zero attached hydrogens (tertiary/aromatic N) is 3. The molecule has 2 aromatic rings. The first-order valence-corrected chi connectivity index (χ1v) is 7.95. The summed E-state index contributed by atoms with van der Waals surface area (Å²) in [4.78, 5) is 42.1.